The van der Waals surface area contributed by atoms with Gasteiger partial charge in [-0.25, -0.2) is 0 Å². The van der Waals surface area contributed by atoms with Crippen LogP contribution in [0.3, 0.4) is 0 Å². The summed E-state index contributed by atoms with van der Waals surface area (Å²) in [6.45, 7) is 3.24. The highest BCUT2D eigenvalue weighted by molar-refractivity contribution is 7.99. The lowest BCUT2D eigenvalue weighted by molar-refractivity contribution is 0.0730. The molecular formula is C13H27N3S. The molecule has 0 bridgehead atoms. The fourth-order valence-electron chi connectivity index (χ4n) is 3.23. The Morgan fingerprint density at radius 2 is 2.24 bits per heavy atom. The van der Waals surface area contributed by atoms with Crippen LogP contribution in [0.5, 0.6) is 0 Å². The van der Waals surface area contributed by atoms with E-state index < -0.39 is 0 Å². The SMILES string of the molecule is CN1CCCC(CN)(N(C)C2CCSC2)CC1. The molecule has 17 heavy (non-hydrogen) atoms. The second-order valence-electron chi connectivity index (χ2n) is 5.71. The quantitative estimate of drug-likeness (QED) is 0.824. The van der Waals surface area contributed by atoms with E-state index >= 15 is 0 Å². The minimum Gasteiger partial charge on any atom is -0.329 e. The molecule has 2 N–H and O–H groups in total. The highest BCUT2D eigenvalue weighted by atomic mass is 32.2. The van der Waals surface area contributed by atoms with E-state index in [1.165, 1.54) is 50.3 Å². The topological polar surface area (TPSA) is 32.5 Å². The van der Waals surface area contributed by atoms with Crippen molar-refractivity contribution in [3.05, 3.63) is 0 Å². The molecule has 0 aromatic rings. The molecule has 0 saturated carbocycles. The van der Waals surface area contributed by atoms with E-state index in [1.807, 2.05) is 0 Å². The van der Waals surface area contributed by atoms with Crippen molar-refractivity contribution in [1.82, 2.24) is 9.80 Å². The molecule has 2 heterocycles. The first-order chi connectivity index (χ1) is 8.18. The number of rotatable bonds is 3. The number of thioether (sulfide) groups is 1. The first-order valence-electron chi connectivity index (χ1n) is 6.87. The maximum Gasteiger partial charge on any atom is 0.0344 e. The highest BCUT2D eigenvalue weighted by Crippen LogP contribution is 2.32. The fraction of sp³-hybridized carbons (Fsp3) is 1.00. The van der Waals surface area contributed by atoms with Gasteiger partial charge < -0.3 is 10.6 Å². The summed E-state index contributed by atoms with van der Waals surface area (Å²) in [5.41, 5.74) is 6.42. The molecule has 2 aliphatic heterocycles. The zero-order valence-corrected chi connectivity index (χ0v) is 12.1. The van der Waals surface area contributed by atoms with E-state index in [0.717, 1.165) is 12.6 Å². The number of hydrogen-bond donors (Lipinski definition) is 1. The smallest absolute Gasteiger partial charge is 0.0344 e. The third kappa shape index (κ3) is 2.98. The number of hydrogen-bond acceptors (Lipinski definition) is 4. The largest absolute Gasteiger partial charge is 0.329 e. The number of likely N-dealkylation sites (tertiary alicyclic amines) is 1. The monoisotopic (exact) mass is 257 g/mol. The van der Waals surface area contributed by atoms with Gasteiger partial charge in [0.2, 0.25) is 0 Å². The molecule has 2 aliphatic rings. The van der Waals surface area contributed by atoms with Crippen LogP contribution in [0.1, 0.15) is 25.7 Å². The Balaban J connectivity index is 2.05. The molecule has 100 valence electrons. The van der Waals surface area contributed by atoms with Crippen molar-refractivity contribution < 1.29 is 0 Å². The Morgan fingerprint density at radius 1 is 1.41 bits per heavy atom. The molecule has 0 aromatic heterocycles. The van der Waals surface area contributed by atoms with Crippen LogP contribution in [0.4, 0.5) is 0 Å². The Kier molecular flexibility index (Phi) is 4.75. The van der Waals surface area contributed by atoms with Gasteiger partial charge in [0, 0.05) is 23.9 Å². The van der Waals surface area contributed by atoms with E-state index in [2.05, 4.69) is 35.7 Å². The summed E-state index contributed by atoms with van der Waals surface area (Å²) in [6, 6.07) is 0.756. The standard InChI is InChI=1S/C13H27N3S/c1-15-7-3-5-13(11-14,6-8-15)16(2)12-4-9-17-10-12/h12H,3-11,14H2,1-2H3. The van der Waals surface area contributed by atoms with E-state index in [9.17, 15) is 0 Å². The Bertz CT molecular complexity index is 243. The number of nitrogens with two attached hydrogens (primary N) is 1. The normalized spacial score (nSPS) is 36.4. The van der Waals surface area contributed by atoms with Crippen molar-refractivity contribution in [3.63, 3.8) is 0 Å². The summed E-state index contributed by atoms with van der Waals surface area (Å²) in [6.07, 6.45) is 5.14. The molecule has 2 unspecified atom stereocenters. The van der Waals surface area contributed by atoms with Gasteiger partial charge in [0.1, 0.15) is 0 Å². The fourth-order valence-corrected chi connectivity index (χ4v) is 4.50. The summed E-state index contributed by atoms with van der Waals surface area (Å²) in [7, 11) is 4.55. The van der Waals surface area contributed by atoms with E-state index in [-0.39, 0.29) is 5.54 Å². The Labute approximate surface area is 110 Å². The van der Waals surface area contributed by atoms with Crippen LogP contribution in [0.15, 0.2) is 0 Å². The summed E-state index contributed by atoms with van der Waals surface area (Å²) in [4.78, 5) is 5.08. The van der Waals surface area contributed by atoms with Gasteiger partial charge in [-0.1, -0.05) is 0 Å². The van der Waals surface area contributed by atoms with Crippen molar-refractivity contribution in [3.8, 4) is 0 Å². The molecule has 2 rings (SSSR count). The average molecular weight is 257 g/mol. The van der Waals surface area contributed by atoms with Gasteiger partial charge >= 0.3 is 0 Å². The predicted molar refractivity (Wildman–Crippen MR) is 76.6 cm³/mol. The van der Waals surface area contributed by atoms with Gasteiger partial charge in [-0.05, 0) is 58.6 Å². The molecule has 2 fully saturated rings. The van der Waals surface area contributed by atoms with Crippen LogP contribution in [-0.4, -0.2) is 66.6 Å². The molecule has 0 spiro atoms. The van der Waals surface area contributed by atoms with Crippen molar-refractivity contribution in [2.24, 2.45) is 5.73 Å². The van der Waals surface area contributed by atoms with Crippen LogP contribution < -0.4 is 5.73 Å². The molecule has 2 saturated heterocycles. The van der Waals surface area contributed by atoms with Crippen molar-refractivity contribution in [2.45, 2.75) is 37.3 Å². The molecule has 0 aliphatic carbocycles. The molecule has 2 atom stereocenters. The summed E-state index contributed by atoms with van der Waals surface area (Å²) < 4.78 is 0. The van der Waals surface area contributed by atoms with Gasteiger partial charge in [-0.2, -0.15) is 11.8 Å². The summed E-state index contributed by atoms with van der Waals surface area (Å²) >= 11 is 2.10. The van der Waals surface area contributed by atoms with Crippen molar-refractivity contribution >= 4 is 11.8 Å². The van der Waals surface area contributed by atoms with Crippen LogP contribution in [0.25, 0.3) is 0 Å². The number of nitrogens with zero attached hydrogens (tertiary/aromatic N) is 2. The zero-order valence-electron chi connectivity index (χ0n) is 11.3. The van der Waals surface area contributed by atoms with E-state index in [1.54, 1.807) is 0 Å². The summed E-state index contributed by atoms with van der Waals surface area (Å²) in [5, 5.41) is 0. The lowest BCUT2D eigenvalue weighted by Crippen LogP contribution is -2.56. The van der Waals surface area contributed by atoms with Gasteiger partial charge in [-0.15, -0.1) is 0 Å². The van der Waals surface area contributed by atoms with Gasteiger partial charge in [0.25, 0.3) is 0 Å². The van der Waals surface area contributed by atoms with Gasteiger partial charge in [0.05, 0.1) is 0 Å². The van der Waals surface area contributed by atoms with Gasteiger partial charge in [0.15, 0.2) is 0 Å². The molecular weight excluding hydrogens is 230 g/mol. The van der Waals surface area contributed by atoms with Crippen molar-refractivity contribution in [1.29, 1.82) is 0 Å². The van der Waals surface area contributed by atoms with Crippen LogP contribution in [-0.2, 0) is 0 Å². The average Bonchev–Trinajstić information content (AvgIpc) is 2.80. The molecule has 4 heteroatoms. The minimum atomic E-state index is 0.264. The second-order valence-corrected chi connectivity index (χ2v) is 6.86. The molecule has 0 radical (unpaired) electrons. The van der Waals surface area contributed by atoms with Crippen LogP contribution >= 0.6 is 11.8 Å². The lowest BCUT2D eigenvalue weighted by atomic mass is 9.87. The first-order valence-corrected chi connectivity index (χ1v) is 8.03. The predicted octanol–water partition coefficient (Wildman–Crippen LogP) is 1.24. The maximum absolute atomic E-state index is 6.15. The van der Waals surface area contributed by atoms with E-state index in [4.69, 9.17) is 5.73 Å². The Hall–Kier alpha value is 0.230. The second kappa shape index (κ2) is 5.91. The van der Waals surface area contributed by atoms with Gasteiger partial charge in [-0.3, -0.25) is 4.90 Å². The molecule has 0 amide bonds. The lowest BCUT2D eigenvalue weighted by Gasteiger charge is -2.44. The van der Waals surface area contributed by atoms with E-state index in [0.29, 0.717) is 0 Å². The van der Waals surface area contributed by atoms with Crippen LogP contribution in [0, 0.1) is 0 Å². The first kappa shape index (κ1) is 13.7. The highest BCUT2D eigenvalue weighted by Gasteiger charge is 2.38. The maximum atomic E-state index is 6.15. The third-order valence-electron chi connectivity index (χ3n) is 4.72. The molecule has 3 nitrogen and oxygen atoms in total. The third-order valence-corrected chi connectivity index (χ3v) is 5.87. The number of likely N-dealkylation sites (N-methyl/N-ethyl adjacent to an activating group) is 1. The van der Waals surface area contributed by atoms with Crippen LogP contribution in [0.2, 0.25) is 0 Å². The zero-order chi connectivity index (χ0) is 12.3. The molecule has 0 aromatic carbocycles. The minimum absolute atomic E-state index is 0.264. The Morgan fingerprint density at radius 3 is 2.88 bits per heavy atom. The summed E-state index contributed by atoms with van der Waals surface area (Å²) in [5.74, 6) is 2.63. The van der Waals surface area contributed by atoms with Crippen molar-refractivity contribution in [2.75, 3.05) is 45.2 Å².